The van der Waals surface area contributed by atoms with Gasteiger partial charge in [0.1, 0.15) is 6.04 Å². The van der Waals surface area contributed by atoms with Crippen molar-refractivity contribution in [2.24, 2.45) is 5.92 Å². The molecule has 2 atom stereocenters. The molecule has 1 N–H and O–H groups in total. The highest BCUT2D eigenvalue weighted by Gasteiger charge is 2.35. The molecule has 0 spiro atoms. The second kappa shape index (κ2) is 7.92. The van der Waals surface area contributed by atoms with Crippen LogP contribution in [0.1, 0.15) is 47.4 Å². The molecule has 7 nitrogen and oxygen atoms in total. The molecule has 3 amide bonds. The van der Waals surface area contributed by atoms with Gasteiger partial charge in [-0.25, -0.2) is 4.79 Å². The summed E-state index contributed by atoms with van der Waals surface area (Å²) in [7, 11) is 1.27. The number of ether oxygens (including phenoxy) is 1. The van der Waals surface area contributed by atoms with Crippen LogP contribution in [0.25, 0.3) is 0 Å². The van der Waals surface area contributed by atoms with Crippen molar-refractivity contribution in [2.75, 3.05) is 13.7 Å². The fourth-order valence-electron chi connectivity index (χ4n) is 2.70. The monoisotopic (exact) mass is 346 g/mol. The third-order valence-corrected chi connectivity index (χ3v) is 4.43. The number of hydrogen-bond donors (Lipinski definition) is 1. The largest absolute Gasteiger partial charge is 0.467 e. The highest BCUT2D eigenvalue weighted by atomic mass is 16.5. The van der Waals surface area contributed by atoms with E-state index in [1.165, 1.54) is 7.11 Å². The average Bonchev–Trinajstić information content (AvgIpc) is 2.87. The van der Waals surface area contributed by atoms with Crippen molar-refractivity contribution < 1.29 is 23.9 Å². The maximum Gasteiger partial charge on any atom is 0.328 e. The predicted molar refractivity (Wildman–Crippen MR) is 89.8 cm³/mol. The summed E-state index contributed by atoms with van der Waals surface area (Å²) in [6.45, 7) is 3.71. The second-order valence-electron chi connectivity index (χ2n) is 6.01. The zero-order chi connectivity index (χ0) is 18.6. The van der Waals surface area contributed by atoms with Gasteiger partial charge >= 0.3 is 5.97 Å². The van der Waals surface area contributed by atoms with Crippen LogP contribution in [-0.2, 0) is 14.3 Å². The molecule has 7 heteroatoms. The van der Waals surface area contributed by atoms with Crippen LogP contribution in [0.15, 0.2) is 24.3 Å². The highest BCUT2D eigenvalue weighted by Crippen LogP contribution is 2.22. The minimum atomic E-state index is -0.746. The molecule has 0 unspecified atom stereocenters. The normalized spacial score (nSPS) is 15.6. The third-order valence-electron chi connectivity index (χ3n) is 4.43. The molecule has 0 aliphatic carbocycles. The first-order chi connectivity index (χ1) is 11.9. The van der Waals surface area contributed by atoms with Crippen LogP contribution in [-0.4, -0.2) is 48.3 Å². The molecule has 1 aliphatic rings. The SMILES string of the molecule is CC[C@H](C)[C@@H](NC(=O)CCN1C(=O)c2ccccc2C1=O)C(=O)OC. The van der Waals surface area contributed by atoms with Crippen molar-refractivity contribution in [3.8, 4) is 0 Å². The molecule has 1 aromatic carbocycles. The molecule has 0 saturated heterocycles. The molecular formula is C18H22N2O5. The molecule has 1 aromatic rings. The molecule has 0 fully saturated rings. The van der Waals surface area contributed by atoms with Gasteiger partial charge in [0.15, 0.2) is 0 Å². The van der Waals surface area contributed by atoms with E-state index in [2.05, 4.69) is 5.32 Å². The standard InChI is InChI=1S/C18H22N2O5/c1-4-11(2)15(18(24)25-3)19-14(21)9-10-20-16(22)12-7-5-6-8-13(12)17(20)23/h5-8,11,15H,4,9-10H2,1-3H3,(H,19,21)/t11-,15+/m0/s1. The molecule has 0 radical (unpaired) electrons. The first kappa shape index (κ1) is 18.6. The fourth-order valence-corrected chi connectivity index (χ4v) is 2.70. The van der Waals surface area contributed by atoms with Crippen molar-refractivity contribution >= 4 is 23.7 Å². The molecule has 134 valence electrons. The highest BCUT2D eigenvalue weighted by molar-refractivity contribution is 6.21. The zero-order valence-corrected chi connectivity index (χ0v) is 14.6. The zero-order valence-electron chi connectivity index (χ0n) is 14.6. The maximum absolute atomic E-state index is 12.3. The number of benzene rings is 1. The lowest BCUT2D eigenvalue weighted by atomic mass is 9.99. The Kier molecular flexibility index (Phi) is 5.90. The minimum absolute atomic E-state index is 0.0351. The van der Waals surface area contributed by atoms with Crippen LogP contribution in [0.3, 0.4) is 0 Å². The van der Waals surface area contributed by atoms with Gasteiger partial charge in [-0.1, -0.05) is 32.4 Å². The van der Waals surface area contributed by atoms with E-state index < -0.39 is 29.7 Å². The van der Waals surface area contributed by atoms with Gasteiger partial charge in [-0.05, 0) is 18.1 Å². The van der Waals surface area contributed by atoms with E-state index in [1.807, 2.05) is 13.8 Å². The van der Waals surface area contributed by atoms with Crippen molar-refractivity contribution in [1.29, 1.82) is 0 Å². The van der Waals surface area contributed by atoms with Gasteiger partial charge in [0.05, 0.1) is 18.2 Å². The van der Waals surface area contributed by atoms with Gasteiger partial charge in [0, 0.05) is 13.0 Å². The van der Waals surface area contributed by atoms with E-state index in [1.54, 1.807) is 24.3 Å². The van der Waals surface area contributed by atoms with Gasteiger partial charge in [-0.2, -0.15) is 0 Å². The molecule has 0 saturated carbocycles. The van der Waals surface area contributed by atoms with E-state index in [9.17, 15) is 19.2 Å². The molecule has 0 bridgehead atoms. The Hall–Kier alpha value is -2.70. The molecule has 25 heavy (non-hydrogen) atoms. The Labute approximate surface area is 146 Å². The van der Waals surface area contributed by atoms with E-state index in [-0.39, 0.29) is 18.9 Å². The smallest absolute Gasteiger partial charge is 0.328 e. The summed E-state index contributed by atoms with van der Waals surface area (Å²) < 4.78 is 4.72. The molecule has 1 heterocycles. The Balaban J connectivity index is 1.97. The summed E-state index contributed by atoms with van der Waals surface area (Å²) in [6, 6.07) is 5.81. The van der Waals surface area contributed by atoms with Gasteiger partial charge in [-0.3, -0.25) is 19.3 Å². The first-order valence-electron chi connectivity index (χ1n) is 8.23. The summed E-state index contributed by atoms with van der Waals surface area (Å²) in [5, 5.41) is 2.63. The van der Waals surface area contributed by atoms with E-state index in [0.717, 1.165) is 4.90 Å². The van der Waals surface area contributed by atoms with Gasteiger partial charge in [-0.15, -0.1) is 0 Å². The summed E-state index contributed by atoms with van der Waals surface area (Å²) >= 11 is 0. The van der Waals surface area contributed by atoms with Crippen molar-refractivity contribution in [3.05, 3.63) is 35.4 Å². The molecule has 0 aromatic heterocycles. The van der Waals surface area contributed by atoms with Crippen LogP contribution in [0.4, 0.5) is 0 Å². The van der Waals surface area contributed by atoms with Crippen molar-refractivity contribution in [2.45, 2.75) is 32.7 Å². The number of rotatable bonds is 7. The first-order valence-corrected chi connectivity index (χ1v) is 8.23. The van der Waals surface area contributed by atoms with Gasteiger partial charge in [0.2, 0.25) is 5.91 Å². The predicted octanol–water partition coefficient (Wildman–Crippen LogP) is 1.38. The number of esters is 1. The number of nitrogens with zero attached hydrogens (tertiary/aromatic N) is 1. The summed E-state index contributed by atoms with van der Waals surface area (Å²) in [5.74, 6) is -1.81. The van der Waals surface area contributed by atoms with Crippen molar-refractivity contribution in [1.82, 2.24) is 10.2 Å². The number of imide groups is 1. The number of hydrogen-bond acceptors (Lipinski definition) is 5. The summed E-state index contributed by atoms with van der Waals surface area (Å²) in [6.07, 6.45) is 0.619. The number of carbonyl (C=O) groups is 4. The third kappa shape index (κ3) is 3.87. The molecular weight excluding hydrogens is 324 g/mol. The summed E-state index contributed by atoms with van der Waals surface area (Å²) in [4.78, 5) is 49.5. The van der Waals surface area contributed by atoms with Crippen molar-refractivity contribution in [3.63, 3.8) is 0 Å². The van der Waals surface area contributed by atoms with Crippen LogP contribution in [0.5, 0.6) is 0 Å². The van der Waals surface area contributed by atoms with Gasteiger partial charge < -0.3 is 10.1 Å². The van der Waals surface area contributed by atoms with E-state index in [4.69, 9.17) is 4.74 Å². The molecule has 1 aliphatic heterocycles. The number of amides is 3. The Bertz CT molecular complexity index is 665. The lowest BCUT2D eigenvalue weighted by Gasteiger charge is -2.22. The Morgan fingerprint density at radius 2 is 1.72 bits per heavy atom. The number of carbonyl (C=O) groups excluding carboxylic acids is 4. The number of fused-ring (bicyclic) bond motifs is 1. The molecule has 2 rings (SSSR count). The average molecular weight is 346 g/mol. The summed E-state index contributed by atoms with van der Waals surface area (Å²) in [5.41, 5.74) is 0.694. The second-order valence-corrected chi connectivity index (χ2v) is 6.01. The van der Waals surface area contributed by atoms with E-state index >= 15 is 0 Å². The lowest BCUT2D eigenvalue weighted by Crippen LogP contribution is -2.46. The minimum Gasteiger partial charge on any atom is -0.467 e. The fraction of sp³-hybridized carbons (Fsp3) is 0.444. The Morgan fingerprint density at radius 3 is 2.20 bits per heavy atom. The topological polar surface area (TPSA) is 92.8 Å². The lowest BCUT2D eigenvalue weighted by molar-refractivity contribution is -0.146. The van der Waals surface area contributed by atoms with Crippen LogP contribution in [0.2, 0.25) is 0 Å². The van der Waals surface area contributed by atoms with Crippen LogP contribution < -0.4 is 5.32 Å². The maximum atomic E-state index is 12.3. The van der Waals surface area contributed by atoms with Crippen LogP contribution >= 0.6 is 0 Å². The quantitative estimate of drug-likeness (QED) is 0.595. The van der Waals surface area contributed by atoms with Gasteiger partial charge in [0.25, 0.3) is 11.8 Å². The van der Waals surface area contributed by atoms with Crippen LogP contribution in [0, 0.1) is 5.92 Å². The Morgan fingerprint density at radius 1 is 1.16 bits per heavy atom. The number of methoxy groups -OCH3 is 1. The van der Waals surface area contributed by atoms with E-state index in [0.29, 0.717) is 17.5 Å². The number of nitrogens with one attached hydrogen (secondary N) is 1.